The third-order valence-electron chi connectivity index (χ3n) is 3.86. The zero-order valence-corrected chi connectivity index (χ0v) is 12.2. The summed E-state index contributed by atoms with van der Waals surface area (Å²) >= 11 is 0. The molecular weight excluding hydrogens is 270 g/mol. The number of amides is 1. The Balaban J connectivity index is 1.95. The van der Waals surface area contributed by atoms with Crippen LogP contribution in [0.4, 0.5) is 0 Å². The lowest BCUT2D eigenvalue weighted by Crippen LogP contribution is -2.50. The zero-order chi connectivity index (χ0) is 15.3. The average Bonchev–Trinajstić information content (AvgIpc) is 2.86. The maximum absolute atomic E-state index is 12.2. The largest absolute Gasteiger partial charge is 0.481 e. The molecule has 114 valence electrons. The number of hydrogen-bond donors (Lipinski definition) is 2. The van der Waals surface area contributed by atoms with Gasteiger partial charge in [-0.25, -0.2) is 0 Å². The van der Waals surface area contributed by atoms with Crippen molar-refractivity contribution in [1.29, 1.82) is 0 Å². The van der Waals surface area contributed by atoms with Crippen LogP contribution in [0.1, 0.15) is 37.7 Å². The number of hydrogen-bond acceptors (Lipinski definition) is 3. The molecule has 21 heavy (non-hydrogen) atoms. The van der Waals surface area contributed by atoms with Crippen LogP contribution in [0, 0.1) is 0 Å². The van der Waals surface area contributed by atoms with Crippen molar-refractivity contribution >= 4 is 11.9 Å². The molecule has 1 aromatic carbocycles. The fourth-order valence-electron chi connectivity index (χ4n) is 2.70. The molecule has 1 fully saturated rings. The molecule has 0 aliphatic carbocycles. The first-order valence-corrected chi connectivity index (χ1v) is 7.16. The van der Waals surface area contributed by atoms with E-state index in [0.29, 0.717) is 19.4 Å². The Morgan fingerprint density at radius 2 is 2.10 bits per heavy atom. The van der Waals surface area contributed by atoms with Gasteiger partial charge in [-0.1, -0.05) is 37.3 Å². The predicted molar refractivity (Wildman–Crippen MR) is 78.0 cm³/mol. The van der Waals surface area contributed by atoms with Crippen molar-refractivity contribution < 1.29 is 19.4 Å². The van der Waals surface area contributed by atoms with Crippen molar-refractivity contribution in [3.8, 4) is 0 Å². The second kappa shape index (κ2) is 6.72. The molecule has 1 aromatic rings. The minimum absolute atomic E-state index is 0.0930. The molecule has 1 aliphatic rings. The first-order valence-electron chi connectivity index (χ1n) is 7.16. The minimum Gasteiger partial charge on any atom is -0.481 e. The van der Waals surface area contributed by atoms with Gasteiger partial charge in [-0.05, 0) is 17.9 Å². The Morgan fingerprint density at radius 3 is 2.67 bits per heavy atom. The molecule has 1 amide bonds. The van der Waals surface area contributed by atoms with Crippen molar-refractivity contribution in [2.75, 3.05) is 13.2 Å². The first kappa shape index (κ1) is 15.5. The number of benzene rings is 1. The molecule has 0 spiro atoms. The highest BCUT2D eigenvalue weighted by Crippen LogP contribution is 2.24. The van der Waals surface area contributed by atoms with E-state index in [2.05, 4.69) is 5.32 Å². The van der Waals surface area contributed by atoms with E-state index >= 15 is 0 Å². The van der Waals surface area contributed by atoms with E-state index in [1.807, 2.05) is 37.3 Å². The van der Waals surface area contributed by atoms with Crippen molar-refractivity contribution in [1.82, 2.24) is 5.32 Å². The second-order valence-electron chi connectivity index (χ2n) is 5.72. The molecule has 1 heterocycles. The Kier molecular flexibility index (Phi) is 4.96. The van der Waals surface area contributed by atoms with Gasteiger partial charge in [0.1, 0.15) is 0 Å². The minimum atomic E-state index is -0.920. The topological polar surface area (TPSA) is 75.6 Å². The monoisotopic (exact) mass is 291 g/mol. The van der Waals surface area contributed by atoms with Crippen LogP contribution in [0.15, 0.2) is 30.3 Å². The predicted octanol–water partition coefficient (Wildman–Crippen LogP) is 1.93. The summed E-state index contributed by atoms with van der Waals surface area (Å²) in [5.41, 5.74) is 0.349. The van der Waals surface area contributed by atoms with Gasteiger partial charge in [0, 0.05) is 13.0 Å². The van der Waals surface area contributed by atoms with Gasteiger partial charge in [0.2, 0.25) is 5.91 Å². The number of carboxylic acid groups (broad SMARTS) is 1. The fraction of sp³-hybridized carbons (Fsp3) is 0.500. The van der Waals surface area contributed by atoms with Gasteiger partial charge in [-0.3, -0.25) is 9.59 Å². The highest BCUT2D eigenvalue weighted by Gasteiger charge is 2.38. The van der Waals surface area contributed by atoms with Gasteiger partial charge in [0.15, 0.2) is 0 Å². The molecule has 0 saturated carbocycles. The zero-order valence-electron chi connectivity index (χ0n) is 12.2. The van der Waals surface area contributed by atoms with E-state index in [4.69, 9.17) is 9.84 Å². The van der Waals surface area contributed by atoms with Crippen LogP contribution >= 0.6 is 0 Å². The molecular formula is C16H21NO4. The molecule has 2 unspecified atom stereocenters. The maximum atomic E-state index is 12.2. The Hall–Kier alpha value is -1.88. The SMILES string of the molecule is CC(CC(=O)NC1(CC(=O)O)CCOC1)c1ccccc1. The molecule has 1 aliphatic heterocycles. The Labute approximate surface area is 124 Å². The average molecular weight is 291 g/mol. The van der Waals surface area contributed by atoms with Gasteiger partial charge in [0.05, 0.1) is 18.6 Å². The fourth-order valence-corrected chi connectivity index (χ4v) is 2.70. The number of ether oxygens (including phenoxy) is 1. The van der Waals surface area contributed by atoms with Crippen LogP contribution in [0.25, 0.3) is 0 Å². The van der Waals surface area contributed by atoms with Crippen molar-refractivity contribution in [3.63, 3.8) is 0 Å². The summed E-state index contributed by atoms with van der Waals surface area (Å²) in [6.45, 7) is 2.75. The van der Waals surface area contributed by atoms with Crippen LogP contribution in [-0.4, -0.2) is 35.7 Å². The van der Waals surface area contributed by atoms with E-state index in [9.17, 15) is 9.59 Å². The number of rotatable bonds is 6. The third kappa shape index (κ3) is 4.29. The van der Waals surface area contributed by atoms with Crippen LogP contribution in [0.5, 0.6) is 0 Å². The Bertz CT molecular complexity index is 494. The molecule has 2 rings (SSSR count). The number of nitrogens with one attached hydrogen (secondary N) is 1. The highest BCUT2D eigenvalue weighted by atomic mass is 16.5. The maximum Gasteiger partial charge on any atom is 0.305 e. The molecule has 2 atom stereocenters. The van der Waals surface area contributed by atoms with E-state index in [1.165, 1.54) is 0 Å². The van der Waals surface area contributed by atoms with E-state index in [0.717, 1.165) is 5.56 Å². The van der Waals surface area contributed by atoms with Crippen LogP contribution in [-0.2, 0) is 14.3 Å². The quantitative estimate of drug-likeness (QED) is 0.839. The van der Waals surface area contributed by atoms with Crippen LogP contribution < -0.4 is 5.32 Å². The van der Waals surface area contributed by atoms with Crippen LogP contribution in [0.3, 0.4) is 0 Å². The molecule has 0 bridgehead atoms. The lowest BCUT2D eigenvalue weighted by Gasteiger charge is -2.27. The van der Waals surface area contributed by atoms with Gasteiger partial charge in [-0.2, -0.15) is 0 Å². The summed E-state index contributed by atoms with van der Waals surface area (Å²) in [5.74, 6) is -0.953. The third-order valence-corrected chi connectivity index (χ3v) is 3.86. The number of carboxylic acids is 1. The van der Waals surface area contributed by atoms with E-state index in [-0.39, 0.29) is 24.9 Å². The summed E-state index contributed by atoms with van der Waals surface area (Å²) < 4.78 is 5.27. The van der Waals surface area contributed by atoms with Crippen molar-refractivity contribution in [2.24, 2.45) is 0 Å². The number of carbonyl (C=O) groups is 2. The molecule has 2 N–H and O–H groups in total. The second-order valence-corrected chi connectivity index (χ2v) is 5.72. The molecule has 0 aromatic heterocycles. The van der Waals surface area contributed by atoms with Crippen molar-refractivity contribution in [2.45, 2.75) is 37.6 Å². The highest BCUT2D eigenvalue weighted by molar-refractivity contribution is 5.79. The van der Waals surface area contributed by atoms with Gasteiger partial charge in [0.25, 0.3) is 0 Å². The number of carbonyl (C=O) groups excluding carboxylic acids is 1. The molecule has 5 heteroatoms. The summed E-state index contributed by atoms with van der Waals surface area (Å²) in [6.07, 6.45) is 0.786. The van der Waals surface area contributed by atoms with Gasteiger partial charge >= 0.3 is 5.97 Å². The van der Waals surface area contributed by atoms with Crippen LogP contribution in [0.2, 0.25) is 0 Å². The Morgan fingerprint density at radius 1 is 1.38 bits per heavy atom. The smallest absolute Gasteiger partial charge is 0.305 e. The summed E-state index contributed by atoms with van der Waals surface area (Å²) in [7, 11) is 0. The summed E-state index contributed by atoms with van der Waals surface area (Å²) in [5, 5.41) is 11.9. The van der Waals surface area contributed by atoms with Crippen molar-refractivity contribution in [3.05, 3.63) is 35.9 Å². The molecule has 0 radical (unpaired) electrons. The van der Waals surface area contributed by atoms with E-state index in [1.54, 1.807) is 0 Å². The summed E-state index contributed by atoms with van der Waals surface area (Å²) in [4.78, 5) is 23.2. The normalized spacial score (nSPS) is 22.7. The lowest BCUT2D eigenvalue weighted by atomic mass is 9.92. The standard InChI is InChI=1S/C16H21NO4/c1-12(13-5-3-2-4-6-13)9-14(18)17-16(10-15(19)20)7-8-21-11-16/h2-6,12H,7-11H2,1H3,(H,17,18)(H,19,20). The lowest BCUT2D eigenvalue weighted by molar-refractivity contribution is -0.139. The molecule has 1 saturated heterocycles. The van der Waals surface area contributed by atoms with E-state index < -0.39 is 11.5 Å². The molecule has 5 nitrogen and oxygen atoms in total. The van der Waals surface area contributed by atoms with Gasteiger partial charge < -0.3 is 15.2 Å². The summed E-state index contributed by atoms with van der Waals surface area (Å²) in [6, 6.07) is 9.81. The number of aliphatic carboxylic acids is 1. The van der Waals surface area contributed by atoms with Gasteiger partial charge in [-0.15, -0.1) is 0 Å². The first-order chi connectivity index (χ1) is 10.0.